The van der Waals surface area contributed by atoms with Gasteiger partial charge in [0.25, 0.3) is 0 Å². The molecule has 0 aliphatic heterocycles. The summed E-state index contributed by atoms with van der Waals surface area (Å²) < 4.78 is 14.2. The summed E-state index contributed by atoms with van der Waals surface area (Å²) in [5.74, 6) is -0.187. The van der Waals surface area contributed by atoms with Crippen LogP contribution in [0.4, 0.5) is 4.39 Å². The molecule has 0 spiro atoms. The Labute approximate surface area is 98.6 Å². The fourth-order valence-electron chi connectivity index (χ4n) is 1.81. The second-order valence-corrected chi connectivity index (χ2v) is 5.01. The van der Waals surface area contributed by atoms with E-state index in [4.69, 9.17) is 0 Å². The number of likely N-dealkylation sites (N-methyl/N-ethyl adjacent to an activating group) is 1. The molecule has 0 amide bonds. The molecule has 1 aromatic carbocycles. The van der Waals surface area contributed by atoms with Crippen molar-refractivity contribution in [3.63, 3.8) is 0 Å². The first-order chi connectivity index (χ1) is 7.61. The van der Waals surface area contributed by atoms with Crippen LogP contribution in [0.3, 0.4) is 0 Å². The molecule has 2 rings (SSSR count). The minimum atomic E-state index is -0.187. The highest BCUT2D eigenvalue weighted by Crippen LogP contribution is 2.32. The smallest absolute Gasteiger partial charge is 0.123 e. The summed E-state index contributed by atoms with van der Waals surface area (Å²) >= 11 is 1.68. The van der Waals surface area contributed by atoms with Crippen molar-refractivity contribution in [1.82, 2.24) is 5.32 Å². The topological polar surface area (TPSA) is 12.0 Å². The van der Waals surface area contributed by atoms with E-state index in [0.29, 0.717) is 0 Å². The Balaban J connectivity index is 2.49. The van der Waals surface area contributed by atoms with Gasteiger partial charge in [-0.25, -0.2) is 4.39 Å². The summed E-state index contributed by atoms with van der Waals surface area (Å²) in [6.07, 6.45) is 0. The molecule has 84 valence electrons. The van der Waals surface area contributed by atoms with Crippen molar-refractivity contribution in [3.8, 4) is 0 Å². The van der Waals surface area contributed by atoms with Crippen LogP contribution in [0.5, 0.6) is 0 Å². The maximum absolute atomic E-state index is 13.1. The summed E-state index contributed by atoms with van der Waals surface area (Å²) in [5.41, 5.74) is 1.06. The van der Waals surface area contributed by atoms with Crippen molar-refractivity contribution in [2.75, 3.05) is 7.05 Å². The third kappa shape index (κ3) is 2.01. The Morgan fingerprint density at radius 3 is 2.81 bits per heavy atom. The average molecular weight is 235 g/mol. The van der Waals surface area contributed by atoms with Gasteiger partial charge in [-0.1, -0.05) is 12.2 Å². The van der Waals surface area contributed by atoms with Gasteiger partial charge in [0.15, 0.2) is 0 Å². The van der Waals surface area contributed by atoms with Gasteiger partial charge in [-0.15, -0.1) is 11.3 Å². The normalized spacial score (nSPS) is 12.9. The lowest BCUT2D eigenvalue weighted by Crippen LogP contribution is -2.15. The van der Waals surface area contributed by atoms with Gasteiger partial charge in [0.1, 0.15) is 5.82 Å². The maximum Gasteiger partial charge on any atom is 0.123 e. The maximum atomic E-state index is 13.1. The Morgan fingerprint density at radius 1 is 1.44 bits per heavy atom. The molecule has 0 aliphatic carbocycles. The van der Waals surface area contributed by atoms with Crippen molar-refractivity contribution < 1.29 is 4.39 Å². The first kappa shape index (κ1) is 11.3. The largest absolute Gasteiger partial charge is 0.309 e. The first-order valence-electron chi connectivity index (χ1n) is 5.13. The van der Waals surface area contributed by atoms with Gasteiger partial charge >= 0.3 is 0 Å². The van der Waals surface area contributed by atoms with Crippen molar-refractivity contribution in [3.05, 3.63) is 47.1 Å². The summed E-state index contributed by atoms with van der Waals surface area (Å²) in [4.78, 5) is 1.18. The van der Waals surface area contributed by atoms with E-state index < -0.39 is 0 Å². The van der Waals surface area contributed by atoms with Crippen LogP contribution in [0.2, 0.25) is 0 Å². The lowest BCUT2D eigenvalue weighted by atomic mass is 10.1. The molecule has 2 aromatic rings. The zero-order valence-corrected chi connectivity index (χ0v) is 10.2. The van der Waals surface area contributed by atoms with Gasteiger partial charge in [0, 0.05) is 9.58 Å². The minimum Gasteiger partial charge on any atom is -0.309 e. The van der Waals surface area contributed by atoms with E-state index in [9.17, 15) is 4.39 Å². The van der Waals surface area contributed by atoms with E-state index in [-0.39, 0.29) is 11.9 Å². The predicted octanol–water partition coefficient (Wildman–Crippen LogP) is 3.88. The van der Waals surface area contributed by atoms with Crippen LogP contribution < -0.4 is 5.32 Å². The quantitative estimate of drug-likeness (QED) is 0.796. The molecule has 0 bridgehead atoms. The van der Waals surface area contributed by atoms with Gasteiger partial charge in [-0.3, -0.25) is 0 Å². The van der Waals surface area contributed by atoms with Crippen LogP contribution in [0.1, 0.15) is 17.8 Å². The molecule has 1 heterocycles. The number of thiophene rings is 1. The number of hydrogen-bond acceptors (Lipinski definition) is 2. The van der Waals surface area contributed by atoms with Crippen molar-refractivity contribution >= 4 is 21.4 Å². The molecule has 0 radical (unpaired) electrons. The van der Waals surface area contributed by atoms with E-state index >= 15 is 0 Å². The Morgan fingerprint density at radius 2 is 2.19 bits per heavy atom. The number of hydrogen-bond donors (Lipinski definition) is 1. The fraction of sp³-hybridized carbons (Fsp3) is 0.231. The van der Waals surface area contributed by atoms with Gasteiger partial charge in [-0.05, 0) is 43.6 Å². The lowest BCUT2D eigenvalue weighted by Gasteiger charge is -2.13. The van der Waals surface area contributed by atoms with E-state index in [1.807, 2.05) is 26.1 Å². The van der Waals surface area contributed by atoms with E-state index in [1.54, 1.807) is 17.4 Å². The predicted molar refractivity (Wildman–Crippen MR) is 68.4 cm³/mol. The first-order valence-corrected chi connectivity index (χ1v) is 5.95. The molecular weight excluding hydrogens is 221 g/mol. The van der Waals surface area contributed by atoms with E-state index in [1.165, 1.54) is 10.9 Å². The number of nitrogens with one attached hydrogen (secondary N) is 1. The molecule has 1 N–H and O–H groups in total. The van der Waals surface area contributed by atoms with Crippen LogP contribution in [-0.4, -0.2) is 7.05 Å². The third-order valence-corrected chi connectivity index (χ3v) is 3.74. The zero-order chi connectivity index (χ0) is 11.7. The number of benzene rings is 1. The van der Waals surface area contributed by atoms with Gasteiger partial charge in [0.05, 0.1) is 6.04 Å². The van der Waals surface area contributed by atoms with E-state index in [0.717, 1.165) is 15.7 Å². The summed E-state index contributed by atoms with van der Waals surface area (Å²) in [5, 5.41) is 4.17. The Kier molecular flexibility index (Phi) is 3.08. The Hall–Kier alpha value is -1.19. The molecule has 0 saturated heterocycles. The molecule has 3 heteroatoms. The van der Waals surface area contributed by atoms with Crippen LogP contribution in [-0.2, 0) is 0 Å². The van der Waals surface area contributed by atoms with Crippen molar-refractivity contribution in [2.24, 2.45) is 0 Å². The molecule has 0 fully saturated rings. The lowest BCUT2D eigenvalue weighted by molar-refractivity contribution is 0.630. The molecule has 1 nitrogen and oxygen atoms in total. The minimum absolute atomic E-state index is 0.153. The van der Waals surface area contributed by atoms with Crippen LogP contribution in [0.15, 0.2) is 36.4 Å². The molecule has 1 unspecified atom stereocenters. The molecule has 0 aliphatic rings. The van der Waals surface area contributed by atoms with Crippen LogP contribution >= 0.6 is 11.3 Å². The van der Waals surface area contributed by atoms with Crippen LogP contribution in [0, 0.1) is 5.82 Å². The molecule has 1 aromatic heterocycles. The second kappa shape index (κ2) is 4.36. The highest BCUT2D eigenvalue weighted by atomic mass is 32.1. The fourth-order valence-corrected chi connectivity index (χ4v) is 3.06. The zero-order valence-electron chi connectivity index (χ0n) is 9.38. The average Bonchev–Trinajstić information content (AvgIpc) is 2.60. The van der Waals surface area contributed by atoms with Gasteiger partial charge < -0.3 is 5.32 Å². The number of fused-ring (bicyclic) bond motifs is 1. The highest BCUT2D eigenvalue weighted by molar-refractivity contribution is 7.19. The van der Waals surface area contributed by atoms with Crippen molar-refractivity contribution in [1.29, 1.82) is 0 Å². The highest BCUT2D eigenvalue weighted by Gasteiger charge is 2.13. The summed E-state index contributed by atoms with van der Waals surface area (Å²) in [7, 11) is 1.91. The number of rotatable bonds is 3. The molecule has 16 heavy (non-hydrogen) atoms. The number of halogens is 1. The standard InChI is InChI=1S/C13H14FNS/c1-8(2)13(15-3)12-7-9-6-10(14)4-5-11(9)16-12/h4-7,13,15H,1H2,2-3H3. The SMILES string of the molecule is C=C(C)C(NC)c1cc2cc(F)ccc2s1. The molecule has 1 atom stereocenters. The third-order valence-electron chi connectivity index (χ3n) is 2.56. The second-order valence-electron chi connectivity index (χ2n) is 3.90. The monoisotopic (exact) mass is 235 g/mol. The van der Waals surface area contributed by atoms with Crippen molar-refractivity contribution in [2.45, 2.75) is 13.0 Å². The molecular formula is C13H14FNS. The summed E-state index contributed by atoms with van der Waals surface area (Å²) in [6, 6.07) is 7.07. The van der Waals surface area contributed by atoms with Gasteiger partial charge in [-0.2, -0.15) is 0 Å². The van der Waals surface area contributed by atoms with Gasteiger partial charge in [0.2, 0.25) is 0 Å². The Bertz CT molecular complexity index is 530. The summed E-state index contributed by atoms with van der Waals surface area (Å²) in [6.45, 7) is 5.95. The molecule has 0 saturated carbocycles. The van der Waals surface area contributed by atoms with E-state index in [2.05, 4.69) is 11.9 Å². The van der Waals surface area contributed by atoms with Crippen LogP contribution in [0.25, 0.3) is 10.1 Å².